The van der Waals surface area contributed by atoms with Crippen molar-refractivity contribution in [1.82, 2.24) is 9.97 Å². The summed E-state index contributed by atoms with van der Waals surface area (Å²) < 4.78 is 4.99. The van der Waals surface area contributed by atoms with Gasteiger partial charge in [-0.1, -0.05) is 12.8 Å². The first kappa shape index (κ1) is 12.7. The SMILES string of the molecule is COc1cncc(NCCCCCCN)n1. The topological polar surface area (TPSA) is 73.1 Å². The van der Waals surface area contributed by atoms with E-state index >= 15 is 0 Å². The van der Waals surface area contributed by atoms with E-state index in [2.05, 4.69) is 15.3 Å². The number of ether oxygens (including phenoxy) is 1. The lowest BCUT2D eigenvalue weighted by Gasteiger charge is -2.05. The Morgan fingerprint density at radius 1 is 1.25 bits per heavy atom. The molecule has 0 fully saturated rings. The molecule has 0 atom stereocenters. The lowest BCUT2D eigenvalue weighted by molar-refractivity contribution is 0.396. The number of anilines is 1. The Hall–Kier alpha value is -1.36. The number of unbranched alkanes of at least 4 members (excludes halogenated alkanes) is 3. The first-order valence-corrected chi connectivity index (χ1v) is 5.67. The molecule has 0 unspecified atom stereocenters. The Kier molecular flexibility index (Phi) is 6.25. The molecule has 1 aromatic rings. The van der Waals surface area contributed by atoms with Gasteiger partial charge in [0.1, 0.15) is 5.82 Å². The van der Waals surface area contributed by atoms with Crippen molar-refractivity contribution in [2.24, 2.45) is 5.73 Å². The van der Waals surface area contributed by atoms with Gasteiger partial charge in [-0.05, 0) is 19.4 Å². The monoisotopic (exact) mass is 224 g/mol. The summed E-state index contributed by atoms with van der Waals surface area (Å²) in [4.78, 5) is 8.23. The zero-order chi connectivity index (χ0) is 11.6. The van der Waals surface area contributed by atoms with E-state index in [-0.39, 0.29) is 0 Å². The minimum Gasteiger partial charge on any atom is -0.480 e. The van der Waals surface area contributed by atoms with Gasteiger partial charge in [0, 0.05) is 6.54 Å². The van der Waals surface area contributed by atoms with E-state index in [9.17, 15) is 0 Å². The number of rotatable bonds is 8. The first-order valence-electron chi connectivity index (χ1n) is 5.67. The molecule has 0 spiro atoms. The van der Waals surface area contributed by atoms with E-state index < -0.39 is 0 Å². The molecule has 0 amide bonds. The minimum absolute atomic E-state index is 0.535. The van der Waals surface area contributed by atoms with E-state index in [0.717, 1.165) is 31.7 Å². The van der Waals surface area contributed by atoms with Crippen molar-refractivity contribution >= 4 is 5.82 Å². The molecule has 0 saturated heterocycles. The van der Waals surface area contributed by atoms with Gasteiger partial charge < -0.3 is 15.8 Å². The van der Waals surface area contributed by atoms with Crippen molar-refractivity contribution in [2.75, 3.05) is 25.5 Å². The minimum atomic E-state index is 0.535. The maximum atomic E-state index is 5.42. The van der Waals surface area contributed by atoms with Crippen LogP contribution in [0.1, 0.15) is 25.7 Å². The molecule has 0 aromatic carbocycles. The van der Waals surface area contributed by atoms with Gasteiger partial charge >= 0.3 is 0 Å². The van der Waals surface area contributed by atoms with E-state index in [1.165, 1.54) is 12.8 Å². The zero-order valence-corrected chi connectivity index (χ0v) is 9.78. The number of nitrogens with zero attached hydrogens (tertiary/aromatic N) is 2. The van der Waals surface area contributed by atoms with Crippen LogP contribution >= 0.6 is 0 Å². The molecule has 1 heterocycles. The zero-order valence-electron chi connectivity index (χ0n) is 9.78. The quantitative estimate of drug-likeness (QED) is 0.653. The molecule has 0 radical (unpaired) electrons. The fourth-order valence-corrected chi connectivity index (χ4v) is 1.37. The van der Waals surface area contributed by atoms with Gasteiger partial charge in [0.05, 0.1) is 19.5 Å². The number of hydrogen-bond donors (Lipinski definition) is 2. The molecule has 0 saturated carbocycles. The second-order valence-corrected chi connectivity index (χ2v) is 3.58. The Morgan fingerprint density at radius 3 is 2.81 bits per heavy atom. The van der Waals surface area contributed by atoms with Crippen molar-refractivity contribution in [2.45, 2.75) is 25.7 Å². The molecule has 0 aliphatic rings. The molecular weight excluding hydrogens is 204 g/mol. The summed E-state index contributed by atoms with van der Waals surface area (Å²) in [6.07, 6.45) is 7.91. The molecule has 1 rings (SSSR count). The number of hydrogen-bond acceptors (Lipinski definition) is 5. The smallest absolute Gasteiger partial charge is 0.233 e. The maximum Gasteiger partial charge on any atom is 0.233 e. The van der Waals surface area contributed by atoms with Crippen molar-refractivity contribution in [1.29, 1.82) is 0 Å². The van der Waals surface area contributed by atoms with E-state index in [0.29, 0.717) is 5.88 Å². The summed E-state index contributed by atoms with van der Waals surface area (Å²) in [5, 5.41) is 3.21. The highest BCUT2D eigenvalue weighted by Gasteiger charge is 1.97. The van der Waals surface area contributed by atoms with Crippen LogP contribution in [0.5, 0.6) is 5.88 Å². The molecule has 5 heteroatoms. The molecule has 16 heavy (non-hydrogen) atoms. The summed E-state index contributed by atoms with van der Waals surface area (Å²) in [7, 11) is 1.58. The van der Waals surface area contributed by atoms with Gasteiger partial charge in [0.25, 0.3) is 0 Å². The summed E-state index contributed by atoms with van der Waals surface area (Å²) in [6.45, 7) is 1.70. The number of nitrogens with one attached hydrogen (secondary N) is 1. The average molecular weight is 224 g/mol. The fraction of sp³-hybridized carbons (Fsp3) is 0.636. The lowest BCUT2D eigenvalue weighted by Crippen LogP contribution is -2.05. The Labute approximate surface area is 96.4 Å². The Morgan fingerprint density at radius 2 is 2.06 bits per heavy atom. The lowest BCUT2D eigenvalue weighted by atomic mass is 10.2. The van der Waals surface area contributed by atoms with E-state index in [1.54, 1.807) is 19.5 Å². The van der Waals surface area contributed by atoms with Crippen molar-refractivity contribution in [3.63, 3.8) is 0 Å². The van der Waals surface area contributed by atoms with E-state index in [4.69, 9.17) is 10.5 Å². The van der Waals surface area contributed by atoms with Gasteiger partial charge in [-0.3, -0.25) is 4.98 Å². The highest BCUT2D eigenvalue weighted by atomic mass is 16.5. The predicted octanol–water partition coefficient (Wildman–Crippen LogP) is 1.42. The van der Waals surface area contributed by atoms with Gasteiger partial charge in [0.2, 0.25) is 5.88 Å². The van der Waals surface area contributed by atoms with Crippen LogP contribution in [-0.4, -0.2) is 30.2 Å². The van der Waals surface area contributed by atoms with Crippen LogP contribution in [0.2, 0.25) is 0 Å². The standard InChI is InChI=1S/C11H20N4O/c1-16-11-9-13-8-10(15-11)14-7-5-3-2-4-6-12/h8-9H,2-7,12H2,1H3,(H,14,15). The third kappa shape index (κ3) is 4.93. The normalized spacial score (nSPS) is 10.1. The van der Waals surface area contributed by atoms with Crippen LogP contribution in [0.4, 0.5) is 5.82 Å². The first-order chi connectivity index (χ1) is 7.86. The van der Waals surface area contributed by atoms with Crippen LogP contribution in [-0.2, 0) is 0 Å². The third-order valence-electron chi connectivity index (χ3n) is 2.26. The van der Waals surface area contributed by atoms with Crippen LogP contribution in [0.25, 0.3) is 0 Å². The highest BCUT2D eigenvalue weighted by Crippen LogP contribution is 2.08. The summed E-state index contributed by atoms with van der Waals surface area (Å²) in [6, 6.07) is 0. The predicted molar refractivity (Wildman–Crippen MR) is 64.6 cm³/mol. The maximum absolute atomic E-state index is 5.42. The summed E-state index contributed by atoms with van der Waals surface area (Å²) in [5.74, 6) is 1.30. The van der Waals surface area contributed by atoms with Gasteiger partial charge in [-0.15, -0.1) is 0 Å². The van der Waals surface area contributed by atoms with Crippen LogP contribution < -0.4 is 15.8 Å². The Balaban J connectivity index is 2.16. The molecule has 3 N–H and O–H groups in total. The van der Waals surface area contributed by atoms with Crippen LogP contribution in [0.15, 0.2) is 12.4 Å². The number of aromatic nitrogens is 2. The van der Waals surface area contributed by atoms with Gasteiger partial charge in [0.15, 0.2) is 0 Å². The highest BCUT2D eigenvalue weighted by molar-refractivity contribution is 5.32. The number of methoxy groups -OCH3 is 1. The number of nitrogens with two attached hydrogens (primary N) is 1. The van der Waals surface area contributed by atoms with Gasteiger partial charge in [-0.2, -0.15) is 4.98 Å². The molecule has 0 bridgehead atoms. The molecular formula is C11H20N4O. The summed E-state index contributed by atoms with van der Waals surface area (Å²) >= 11 is 0. The molecule has 0 aliphatic carbocycles. The molecule has 0 aliphatic heterocycles. The second kappa shape index (κ2) is 7.87. The van der Waals surface area contributed by atoms with Gasteiger partial charge in [-0.25, -0.2) is 0 Å². The van der Waals surface area contributed by atoms with E-state index in [1.807, 2.05) is 0 Å². The van der Waals surface area contributed by atoms with Crippen molar-refractivity contribution in [3.8, 4) is 5.88 Å². The summed E-state index contributed by atoms with van der Waals surface area (Å²) in [5.41, 5.74) is 5.42. The second-order valence-electron chi connectivity index (χ2n) is 3.58. The fourth-order valence-electron chi connectivity index (χ4n) is 1.37. The van der Waals surface area contributed by atoms with Crippen molar-refractivity contribution < 1.29 is 4.74 Å². The largest absolute Gasteiger partial charge is 0.480 e. The van der Waals surface area contributed by atoms with Crippen LogP contribution in [0.3, 0.4) is 0 Å². The molecule has 90 valence electrons. The average Bonchev–Trinajstić information content (AvgIpc) is 2.34. The third-order valence-corrected chi connectivity index (χ3v) is 2.26. The molecule has 5 nitrogen and oxygen atoms in total. The van der Waals surface area contributed by atoms with Crippen molar-refractivity contribution in [3.05, 3.63) is 12.4 Å². The Bertz CT molecular complexity index is 293. The van der Waals surface area contributed by atoms with Crippen LogP contribution in [0, 0.1) is 0 Å². The molecule has 1 aromatic heterocycles.